The van der Waals surface area contributed by atoms with Crippen LogP contribution in [-0.4, -0.2) is 15.1 Å². The lowest BCUT2D eigenvalue weighted by Crippen LogP contribution is -2.44. The van der Waals surface area contributed by atoms with E-state index in [4.69, 9.17) is 37.9 Å². The Bertz CT molecular complexity index is 902. The highest BCUT2D eigenvalue weighted by Crippen LogP contribution is 2.37. The Balaban J connectivity index is 1.43. The molecule has 1 saturated carbocycles. The molecule has 1 aliphatic rings. The molecule has 0 atom stereocenters. The maximum atomic E-state index is 6.20. The lowest BCUT2D eigenvalue weighted by Gasteiger charge is -2.34. The van der Waals surface area contributed by atoms with Gasteiger partial charge >= 0.3 is 0 Å². The van der Waals surface area contributed by atoms with Crippen LogP contribution < -0.4 is 5.73 Å². The molecule has 130 valence electrons. The summed E-state index contributed by atoms with van der Waals surface area (Å²) in [4.78, 5) is 8.68. The Labute approximate surface area is 154 Å². The van der Waals surface area contributed by atoms with Crippen molar-refractivity contribution >= 4 is 23.2 Å². The molecule has 6 nitrogen and oxygen atoms in total. The van der Waals surface area contributed by atoms with E-state index in [-0.39, 0.29) is 0 Å². The number of oxazole rings is 1. The van der Waals surface area contributed by atoms with E-state index in [0.717, 1.165) is 24.8 Å². The van der Waals surface area contributed by atoms with Crippen molar-refractivity contribution < 1.29 is 8.94 Å². The Kier molecular flexibility index (Phi) is 4.27. The van der Waals surface area contributed by atoms with Gasteiger partial charge in [-0.1, -0.05) is 28.4 Å². The summed E-state index contributed by atoms with van der Waals surface area (Å²) in [5, 5.41) is 5.10. The molecule has 0 radical (unpaired) electrons. The predicted octanol–water partition coefficient (Wildman–Crippen LogP) is 4.15. The Morgan fingerprint density at radius 2 is 1.96 bits per heavy atom. The second kappa shape index (κ2) is 6.44. The molecule has 4 rings (SSSR count). The molecule has 0 aliphatic heterocycles. The molecule has 8 heteroatoms. The molecular formula is C17H16Cl2N4O2. The second-order valence-electron chi connectivity index (χ2n) is 6.26. The average Bonchev–Trinajstić information content (AvgIpc) is 3.20. The molecule has 1 aromatic carbocycles. The lowest BCUT2D eigenvalue weighted by molar-refractivity contribution is 0.229. The molecule has 0 unspecified atom stereocenters. The van der Waals surface area contributed by atoms with Gasteiger partial charge in [-0.15, -0.1) is 0 Å². The Morgan fingerprint density at radius 3 is 2.68 bits per heavy atom. The summed E-state index contributed by atoms with van der Waals surface area (Å²) >= 11 is 12.1. The van der Waals surface area contributed by atoms with Gasteiger partial charge < -0.3 is 14.7 Å². The zero-order valence-electron chi connectivity index (χ0n) is 13.3. The molecule has 0 amide bonds. The molecule has 0 spiro atoms. The van der Waals surface area contributed by atoms with Gasteiger partial charge in [-0.05, 0) is 37.5 Å². The third-order valence-electron chi connectivity index (χ3n) is 4.46. The molecule has 2 heterocycles. The van der Waals surface area contributed by atoms with Gasteiger partial charge in [0.05, 0.1) is 16.8 Å². The highest BCUT2D eigenvalue weighted by molar-refractivity contribution is 6.36. The van der Waals surface area contributed by atoms with E-state index in [1.165, 1.54) is 0 Å². The number of aryl methyl sites for hydroxylation is 2. The standard InChI is InChI=1S/C17H16Cl2N4O2/c18-10-2-3-11(12(19)8-10)13-9-21-14(24-13)4-5-15-22-16(23-25-15)17(20)6-1-7-17/h2-3,8-9H,1,4-7,20H2. The van der Waals surface area contributed by atoms with E-state index in [1.54, 1.807) is 24.4 Å². The summed E-state index contributed by atoms with van der Waals surface area (Å²) in [7, 11) is 0. The maximum absolute atomic E-state index is 6.20. The smallest absolute Gasteiger partial charge is 0.227 e. The molecule has 0 saturated heterocycles. The summed E-state index contributed by atoms with van der Waals surface area (Å²) in [6, 6.07) is 5.23. The predicted molar refractivity (Wildman–Crippen MR) is 93.4 cm³/mol. The number of halogens is 2. The fraction of sp³-hybridized carbons (Fsp3) is 0.353. The Hall–Kier alpha value is -1.89. The average molecular weight is 379 g/mol. The van der Waals surface area contributed by atoms with Crippen LogP contribution in [0.1, 0.15) is 36.9 Å². The summed E-state index contributed by atoms with van der Waals surface area (Å²) < 4.78 is 11.1. The van der Waals surface area contributed by atoms with Gasteiger partial charge in [0.25, 0.3) is 0 Å². The van der Waals surface area contributed by atoms with E-state index < -0.39 is 5.54 Å². The number of benzene rings is 1. The number of nitrogens with two attached hydrogens (primary N) is 1. The number of aromatic nitrogens is 3. The Morgan fingerprint density at radius 1 is 1.16 bits per heavy atom. The minimum Gasteiger partial charge on any atom is -0.441 e. The first-order valence-corrected chi connectivity index (χ1v) is 8.81. The van der Waals surface area contributed by atoms with Crippen LogP contribution in [0, 0.1) is 0 Å². The van der Waals surface area contributed by atoms with Crippen molar-refractivity contribution in [3.8, 4) is 11.3 Å². The van der Waals surface area contributed by atoms with Crippen molar-refractivity contribution in [3.63, 3.8) is 0 Å². The summed E-state index contributed by atoms with van der Waals surface area (Å²) in [6.45, 7) is 0. The van der Waals surface area contributed by atoms with Crippen molar-refractivity contribution in [1.82, 2.24) is 15.1 Å². The maximum Gasteiger partial charge on any atom is 0.227 e. The van der Waals surface area contributed by atoms with Crippen LogP contribution in [0.5, 0.6) is 0 Å². The van der Waals surface area contributed by atoms with E-state index >= 15 is 0 Å². The molecule has 1 aliphatic carbocycles. The lowest BCUT2D eigenvalue weighted by atomic mass is 9.77. The van der Waals surface area contributed by atoms with Crippen molar-refractivity contribution in [2.24, 2.45) is 5.73 Å². The van der Waals surface area contributed by atoms with Crippen molar-refractivity contribution in [2.75, 3.05) is 0 Å². The fourth-order valence-electron chi connectivity index (χ4n) is 2.79. The van der Waals surface area contributed by atoms with Gasteiger partial charge in [0.1, 0.15) is 0 Å². The molecule has 3 aromatic rings. The van der Waals surface area contributed by atoms with Crippen LogP contribution in [0.25, 0.3) is 11.3 Å². The highest BCUT2D eigenvalue weighted by atomic mass is 35.5. The quantitative estimate of drug-likeness (QED) is 0.716. The number of hydrogen-bond acceptors (Lipinski definition) is 6. The molecule has 1 fully saturated rings. The SMILES string of the molecule is NC1(c2noc(CCc3ncc(-c4ccc(Cl)cc4Cl)o3)n2)CCC1. The topological polar surface area (TPSA) is 91.0 Å². The normalized spacial score (nSPS) is 16.0. The van der Waals surface area contributed by atoms with E-state index in [9.17, 15) is 0 Å². The van der Waals surface area contributed by atoms with Crippen LogP contribution in [0.2, 0.25) is 10.0 Å². The first kappa shape index (κ1) is 16.6. The largest absolute Gasteiger partial charge is 0.441 e. The van der Waals surface area contributed by atoms with Crippen LogP contribution in [0.15, 0.2) is 33.3 Å². The van der Waals surface area contributed by atoms with E-state index in [2.05, 4.69) is 15.1 Å². The number of hydrogen-bond donors (Lipinski definition) is 1. The number of rotatable bonds is 5. The van der Waals surface area contributed by atoms with Gasteiger partial charge in [0.15, 0.2) is 17.5 Å². The van der Waals surface area contributed by atoms with E-state index in [1.807, 2.05) is 0 Å². The zero-order valence-corrected chi connectivity index (χ0v) is 14.8. The third kappa shape index (κ3) is 3.29. The van der Waals surface area contributed by atoms with Gasteiger partial charge in [-0.2, -0.15) is 4.98 Å². The summed E-state index contributed by atoms with van der Waals surface area (Å²) in [5.41, 5.74) is 6.54. The van der Waals surface area contributed by atoms with Crippen molar-refractivity contribution in [2.45, 2.75) is 37.6 Å². The van der Waals surface area contributed by atoms with E-state index in [0.29, 0.717) is 46.3 Å². The van der Waals surface area contributed by atoms with Gasteiger partial charge in [0, 0.05) is 23.4 Å². The minimum absolute atomic E-state index is 0.414. The highest BCUT2D eigenvalue weighted by Gasteiger charge is 2.38. The molecule has 2 aromatic heterocycles. The van der Waals surface area contributed by atoms with Crippen molar-refractivity contribution in [3.05, 3.63) is 52.0 Å². The first-order valence-electron chi connectivity index (χ1n) is 8.06. The molecular weight excluding hydrogens is 363 g/mol. The monoisotopic (exact) mass is 378 g/mol. The summed E-state index contributed by atoms with van der Waals surface area (Å²) in [5.74, 6) is 2.30. The van der Waals surface area contributed by atoms with Gasteiger partial charge in [-0.3, -0.25) is 0 Å². The molecule has 25 heavy (non-hydrogen) atoms. The van der Waals surface area contributed by atoms with Crippen molar-refractivity contribution in [1.29, 1.82) is 0 Å². The van der Waals surface area contributed by atoms with Crippen LogP contribution in [0.3, 0.4) is 0 Å². The molecule has 0 bridgehead atoms. The summed E-state index contributed by atoms with van der Waals surface area (Å²) in [6.07, 6.45) is 5.63. The minimum atomic E-state index is -0.414. The van der Waals surface area contributed by atoms with Gasteiger partial charge in [0.2, 0.25) is 5.89 Å². The third-order valence-corrected chi connectivity index (χ3v) is 5.01. The second-order valence-corrected chi connectivity index (χ2v) is 7.11. The van der Waals surface area contributed by atoms with Crippen LogP contribution in [0.4, 0.5) is 0 Å². The first-order chi connectivity index (χ1) is 12.0. The number of nitrogens with zero attached hydrogens (tertiary/aromatic N) is 3. The fourth-order valence-corrected chi connectivity index (χ4v) is 3.30. The van der Waals surface area contributed by atoms with Crippen LogP contribution >= 0.6 is 23.2 Å². The van der Waals surface area contributed by atoms with Crippen LogP contribution in [-0.2, 0) is 18.4 Å². The zero-order chi connectivity index (χ0) is 17.4. The van der Waals surface area contributed by atoms with Gasteiger partial charge in [-0.25, -0.2) is 4.98 Å². The molecule has 2 N–H and O–H groups in total.